The van der Waals surface area contributed by atoms with Gasteiger partial charge in [-0.1, -0.05) is 31.2 Å². The first-order valence-corrected chi connectivity index (χ1v) is 7.92. The van der Waals surface area contributed by atoms with E-state index in [1.807, 2.05) is 12.1 Å². The quantitative estimate of drug-likeness (QED) is 0.770. The van der Waals surface area contributed by atoms with Gasteiger partial charge in [0.05, 0.1) is 12.8 Å². The van der Waals surface area contributed by atoms with E-state index >= 15 is 0 Å². The minimum Gasteiger partial charge on any atom is -0.496 e. The molecule has 0 atom stereocenters. The number of fused-ring (bicyclic) bond motifs is 1. The molecule has 0 fully saturated rings. The summed E-state index contributed by atoms with van der Waals surface area (Å²) in [7, 11) is 1.71. The van der Waals surface area contributed by atoms with Crippen LogP contribution in [0.1, 0.15) is 12.6 Å². The summed E-state index contributed by atoms with van der Waals surface area (Å²) in [6, 6.07) is 12.4. The van der Waals surface area contributed by atoms with Gasteiger partial charge in [0.1, 0.15) is 10.8 Å². The summed E-state index contributed by atoms with van der Waals surface area (Å²) in [5.74, 6) is 0.902. The normalized spacial score (nSPS) is 11.0. The Kier molecular flexibility index (Phi) is 4.18. The summed E-state index contributed by atoms with van der Waals surface area (Å²) in [5.41, 5.74) is 2.26. The minimum absolute atomic E-state index is 0.821. The lowest BCUT2D eigenvalue weighted by molar-refractivity contribution is 0.420. The summed E-state index contributed by atoms with van der Waals surface area (Å²) < 4.78 is 5.45. The van der Waals surface area contributed by atoms with Crippen LogP contribution in [-0.2, 0) is 6.54 Å². The standard InChI is InChI=1S/C17H18N2OS/c1-3-18-10-12-11-21-17(19-12)15-8-9-16(20-2)14-7-5-4-6-13(14)15/h4-9,11,18H,3,10H2,1-2H3. The summed E-state index contributed by atoms with van der Waals surface area (Å²) in [5, 5.41) is 8.80. The third-order valence-corrected chi connectivity index (χ3v) is 4.37. The minimum atomic E-state index is 0.821. The zero-order valence-electron chi connectivity index (χ0n) is 12.2. The number of hydrogen-bond acceptors (Lipinski definition) is 4. The predicted molar refractivity (Wildman–Crippen MR) is 89.0 cm³/mol. The lowest BCUT2D eigenvalue weighted by Gasteiger charge is -2.08. The van der Waals surface area contributed by atoms with Crippen LogP contribution in [0.3, 0.4) is 0 Å². The van der Waals surface area contributed by atoms with E-state index in [1.165, 1.54) is 10.9 Å². The van der Waals surface area contributed by atoms with Crippen molar-refractivity contribution in [3.63, 3.8) is 0 Å². The van der Waals surface area contributed by atoms with E-state index in [0.717, 1.165) is 34.9 Å². The number of nitrogens with zero attached hydrogens (tertiary/aromatic N) is 1. The van der Waals surface area contributed by atoms with Crippen molar-refractivity contribution in [2.45, 2.75) is 13.5 Å². The average molecular weight is 298 g/mol. The Morgan fingerprint density at radius 3 is 2.71 bits per heavy atom. The van der Waals surface area contributed by atoms with Gasteiger partial charge in [-0.3, -0.25) is 0 Å². The number of nitrogens with one attached hydrogen (secondary N) is 1. The Labute approximate surface area is 128 Å². The topological polar surface area (TPSA) is 34.1 Å². The lowest BCUT2D eigenvalue weighted by atomic mass is 10.0. The van der Waals surface area contributed by atoms with Crippen molar-refractivity contribution in [3.8, 4) is 16.3 Å². The highest BCUT2D eigenvalue weighted by Crippen LogP contribution is 2.35. The fourth-order valence-electron chi connectivity index (χ4n) is 2.40. The van der Waals surface area contributed by atoms with Gasteiger partial charge in [0.15, 0.2) is 0 Å². The maximum atomic E-state index is 5.45. The Morgan fingerprint density at radius 1 is 1.14 bits per heavy atom. The molecule has 21 heavy (non-hydrogen) atoms. The molecule has 0 aliphatic carbocycles. The van der Waals surface area contributed by atoms with E-state index in [-0.39, 0.29) is 0 Å². The van der Waals surface area contributed by atoms with Crippen LogP contribution in [0.15, 0.2) is 41.8 Å². The smallest absolute Gasteiger partial charge is 0.126 e. The second-order valence-electron chi connectivity index (χ2n) is 4.79. The van der Waals surface area contributed by atoms with Gasteiger partial charge in [0.2, 0.25) is 0 Å². The molecule has 1 heterocycles. The zero-order valence-corrected chi connectivity index (χ0v) is 13.0. The molecule has 0 radical (unpaired) electrons. The maximum absolute atomic E-state index is 5.45. The summed E-state index contributed by atoms with van der Waals surface area (Å²) in [6.45, 7) is 3.88. The molecule has 0 amide bonds. The summed E-state index contributed by atoms with van der Waals surface area (Å²) in [4.78, 5) is 4.74. The number of benzene rings is 2. The van der Waals surface area contributed by atoms with Crippen molar-refractivity contribution in [1.29, 1.82) is 0 Å². The third kappa shape index (κ3) is 2.77. The molecule has 1 N–H and O–H groups in total. The highest BCUT2D eigenvalue weighted by molar-refractivity contribution is 7.13. The van der Waals surface area contributed by atoms with E-state index < -0.39 is 0 Å². The van der Waals surface area contributed by atoms with E-state index in [4.69, 9.17) is 9.72 Å². The number of rotatable bonds is 5. The molecule has 3 rings (SSSR count). The monoisotopic (exact) mass is 298 g/mol. The largest absolute Gasteiger partial charge is 0.496 e. The molecule has 3 aromatic rings. The number of hydrogen-bond donors (Lipinski definition) is 1. The van der Waals surface area contributed by atoms with Crippen LogP contribution in [0.5, 0.6) is 5.75 Å². The Balaban J connectivity index is 2.06. The fourth-order valence-corrected chi connectivity index (χ4v) is 3.26. The maximum Gasteiger partial charge on any atom is 0.126 e. The number of thiazole rings is 1. The van der Waals surface area contributed by atoms with Crippen LogP contribution in [-0.4, -0.2) is 18.6 Å². The van der Waals surface area contributed by atoms with E-state index in [0.29, 0.717) is 0 Å². The van der Waals surface area contributed by atoms with Gasteiger partial charge >= 0.3 is 0 Å². The number of methoxy groups -OCH3 is 1. The molecule has 4 heteroatoms. The molecule has 0 saturated heterocycles. The van der Waals surface area contributed by atoms with Crippen molar-refractivity contribution in [2.24, 2.45) is 0 Å². The van der Waals surface area contributed by atoms with Crippen molar-refractivity contribution < 1.29 is 4.74 Å². The van der Waals surface area contributed by atoms with Gasteiger partial charge < -0.3 is 10.1 Å². The second-order valence-corrected chi connectivity index (χ2v) is 5.64. The molecule has 3 nitrogen and oxygen atoms in total. The van der Waals surface area contributed by atoms with E-state index in [9.17, 15) is 0 Å². The van der Waals surface area contributed by atoms with E-state index in [1.54, 1.807) is 18.4 Å². The van der Waals surface area contributed by atoms with Gasteiger partial charge in [0, 0.05) is 22.9 Å². The molecule has 0 spiro atoms. The van der Waals surface area contributed by atoms with Gasteiger partial charge in [-0.25, -0.2) is 4.98 Å². The molecule has 2 aromatic carbocycles. The van der Waals surface area contributed by atoms with Gasteiger partial charge in [0.25, 0.3) is 0 Å². The van der Waals surface area contributed by atoms with Crippen molar-refractivity contribution in [3.05, 3.63) is 47.5 Å². The summed E-state index contributed by atoms with van der Waals surface area (Å²) >= 11 is 1.69. The first-order chi connectivity index (χ1) is 10.3. The van der Waals surface area contributed by atoms with Crippen LogP contribution in [0.2, 0.25) is 0 Å². The highest BCUT2D eigenvalue weighted by atomic mass is 32.1. The first kappa shape index (κ1) is 14.0. The summed E-state index contributed by atoms with van der Waals surface area (Å²) in [6.07, 6.45) is 0. The Bertz CT molecular complexity index is 751. The molecular formula is C17H18N2OS. The third-order valence-electron chi connectivity index (χ3n) is 3.44. The number of ether oxygens (including phenoxy) is 1. The second kappa shape index (κ2) is 6.24. The molecule has 0 saturated carbocycles. The van der Waals surface area contributed by atoms with Crippen LogP contribution in [0.4, 0.5) is 0 Å². The number of aromatic nitrogens is 1. The van der Waals surface area contributed by atoms with Crippen LogP contribution < -0.4 is 10.1 Å². The predicted octanol–water partition coefficient (Wildman–Crippen LogP) is 4.08. The van der Waals surface area contributed by atoms with Crippen molar-refractivity contribution in [1.82, 2.24) is 10.3 Å². The molecule has 0 unspecified atom stereocenters. The Morgan fingerprint density at radius 2 is 1.95 bits per heavy atom. The Hall–Kier alpha value is -1.91. The molecule has 0 bridgehead atoms. The molecular weight excluding hydrogens is 280 g/mol. The van der Waals surface area contributed by atoms with Crippen LogP contribution >= 0.6 is 11.3 Å². The lowest BCUT2D eigenvalue weighted by Crippen LogP contribution is -2.11. The van der Waals surface area contributed by atoms with Crippen LogP contribution in [0.25, 0.3) is 21.3 Å². The molecule has 0 aliphatic rings. The zero-order chi connectivity index (χ0) is 14.7. The first-order valence-electron chi connectivity index (χ1n) is 7.04. The van der Waals surface area contributed by atoms with Crippen molar-refractivity contribution in [2.75, 3.05) is 13.7 Å². The SMILES string of the molecule is CCNCc1csc(-c2ccc(OC)c3ccccc23)n1. The fraction of sp³-hybridized carbons (Fsp3) is 0.235. The van der Waals surface area contributed by atoms with Gasteiger partial charge in [-0.15, -0.1) is 11.3 Å². The molecule has 108 valence electrons. The van der Waals surface area contributed by atoms with Gasteiger partial charge in [-0.2, -0.15) is 0 Å². The van der Waals surface area contributed by atoms with Crippen LogP contribution in [0, 0.1) is 0 Å². The van der Waals surface area contributed by atoms with Crippen molar-refractivity contribution >= 4 is 22.1 Å². The molecule has 0 aliphatic heterocycles. The highest BCUT2D eigenvalue weighted by Gasteiger charge is 2.11. The average Bonchev–Trinajstić information content (AvgIpc) is 3.00. The molecule has 1 aromatic heterocycles. The van der Waals surface area contributed by atoms with Gasteiger partial charge in [-0.05, 0) is 24.1 Å². The van der Waals surface area contributed by atoms with E-state index in [2.05, 4.69) is 41.9 Å².